The molecule has 1 N–H and O–H groups in total. The van der Waals surface area contributed by atoms with Gasteiger partial charge in [0.1, 0.15) is 10.2 Å². The average molecular weight is 362 g/mol. The largest absolute Gasteiger partial charge is 0.346 e. The summed E-state index contributed by atoms with van der Waals surface area (Å²) in [5.74, 6) is 0.372. The number of thiophene rings is 1. The molecule has 4 nitrogen and oxygen atoms in total. The van der Waals surface area contributed by atoms with Gasteiger partial charge in [0.2, 0.25) is 5.43 Å². The smallest absolute Gasteiger partial charge is 0.268 e. The number of pyridine rings is 2. The predicted molar refractivity (Wildman–Crippen MR) is 107 cm³/mol. The van der Waals surface area contributed by atoms with Crippen molar-refractivity contribution >= 4 is 32.5 Å². The summed E-state index contributed by atoms with van der Waals surface area (Å²) in [4.78, 5) is 31.7. The summed E-state index contributed by atoms with van der Waals surface area (Å²) in [5.41, 5.74) is 2.09. The summed E-state index contributed by atoms with van der Waals surface area (Å²) in [6, 6.07) is 13.5. The number of benzene rings is 1. The molecule has 0 aliphatic heterocycles. The molecular weight excluding hydrogens is 344 g/mol. The average Bonchev–Trinajstić information content (AvgIpc) is 2.95. The van der Waals surface area contributed by atoms with Gasteiger partial charge in [-0.1, -0.05) is 24.6 Å². The van der Waals surface area contributed by atoms with Crippen LogP contribution in [0, 0.1) is 6.92 Å². The number of fused-ring (bicyclic) bond motifs is 2. The van der Waals surface area contributed by atoms with E-state index in [0.717, 1.165) is 33.9 Å². The van der Waals surface area contributed by atoms with E-state index >= 15 is 0 Å². The van der Waals surface area contributed by atoms with Gasteiger partial charge < -0.3 is 4.98 Å². The van der Waals surface area contributed by atoms with Crippen LogP contribution < -0.4 is 11.0 Å². The standard InChI is InChI=1S/C21H18N2O2S/c1-12-10-15-19(24)18-16(22-20(15)26-12)11-17(13-6-5-7-13)23(21(18)25)14-8-3-2-4-9-14/h2-4,8-11,13H,5-7H2,1H3,(H,22,24). The van der Waals surface area contributed by atoms with Crippen LogP contribution >= 0.6 is 11.3 Å². The summed E-state index contributed by atoms with van der Waals surface area (Å²) in [6.45, 7) is 1.98. The Labute approximate surface area is 153 Å². The molecule has 130 valence electrons. The number of H-pyrrole nitrogens is 1. The van der Waals surface area contributed by atoms with Crippen molar-refractivity contribution in [2.45, 2.75) is 32.1 Å². The van der Waals surface area contributed by atoms with Crippen LogP contribution in [0.15, 0.2) is 52.1 Å². The monoisotopic (exact) mass is 362 g/mol. The first-order chi connectivity index (χ1) is 12.6. The Hall–Kier alpha value is -2.66. The fraction of sp³-hybridized carbons (Fsp3) is 0.238. The van der Waals surface area contributed by atoms with Crippen molar-refractivity contribution < 1.29 is 0 Å². The molecule has 1 saturated carbocycles. The molecule has 0 saturated heterocycles. The molecule has 0 bridgehead atoms. The van der Waals surface area contributed by atoms with Gasteiger partial charge in [0, 0.05) is 16.3 Å². The maximum atomic E-state index is 13.4. The van der Waals surface area contributed by atoms with Crippen molar-refractivity contribution in [3.8, 4) is 5.69 Å². The molecule has 3 heterocycles. The number of nitrogens with zero attached hydrogens (tertiary/aromatic N) is 1. The molecular formula is C21H18N2O2S. The fourth-order valence-corrected chi connectivity index (χ4v) is 4.75. The van der Waals surface area contributed by atoms with Crippen molar-refractivity contribution in [2.24, 2.45) is 0 Å². The van der Waals surface area contributed by atoms with E-state index in [1.165, 1.54) is 6.42 Å². The Kier molecular flexibility index (Phi) is 3.40. The highest BCUT2D eigenvalue weighted by atomic mass is 32.1. The molecule has 5 heteroatoms. The van der Waals surface area contributed by atoms with E-state index in [1.54, 1.807) is 15.9 Å². The normalized spacial score (nSPS) is 14.8. The number of hydrogen-bond acceptors (Lipinski definition) is 3. The van der Waals surface area contributed by atoms with Gasteiger partial charge in [-0.15, -0.1) is 11.3 Å². The van der Waals surface area contributed by atoms with Gasteiger partial charge in [-0.3, -0.25) is 14.2 Å². The van der Waals surface area contributed by atoms with Crippen LogP contribution in [0.5, 0.6) is 0 Å². The maximum Gasteiger partial charge on any atom is 0.268 e. The van der Waals surface area contributed by atoms with E-state index in [2.05, 4.69) is 4.98 Å². The zero-order valence-electron chi connectivity index (χ0n) is 14.4. The van der Waals surface area contributed by atoms with E-state index in [4.69, 9.17) is 0 Å². The number of hydrogen-bond donors (Lipinski definition) is 1. The Morgan fingerprint density at radius 1 is 1.12 bits per heavy atom. The zero-order chi connectivity index (χ0) is 17.8. The molecule has 0 radical (unpaired) electrons. The van der Waals surface area contributed by atoms with Crippen LogP contribution in [-0.2, 0) is 0 Å². The van der Waals surface area contributed by atoms with E-state index in [1.807, 2.05) is 49.4 Å². The van der Waals surface area contributed by atoms with E-state index < -0.39 is 0 Å². The molecule has 5 rings (SSSR count). The topological polar surface area (TPSA) is 54.9 Å². The molecule has 0 amide bonds. The zero-order valence-corrected chi connectivity index (χ0v) is 15.2. The van der Waals surface area contributed by atoms with E-state index in [0.29, 0.717) is 16.8 Å². The second-order valence-electron chi connectivity index (χ2n) is 7.02. The quantitative estimate of drug-likeness (QED) is 0.572. The van der Waals surface area contributed by atoms with Gasteiger partial charge in [0.15, 0.2) is 0 Å². The summed E-state index contributed by atoms with van der Waals surface area (Å²) < 4.78 is 1.74. The third kappa shape index (κ3) is 2.20. The first kappa shape index (κ1) is 15.6. The number of aromatic amines is 1. The number of aryl methyl sites for hydroxylation is 1. The van der Waals surface area contributed by atoms with Gasteiger partial charge in [0.05, 0.1) is 10.9 Å². The lowest BCUT2D eigenvalue weighted by molar-refractivity contribution is 0.404. The molecule has 1 fully saturated rings. The van der Waals surface area contributed by atoms with Crippen LogP contribution in [0.4, 0.5) is 0 Å². The Bertz CT molecular complexity index is 1260. The summed E-state index contributed by atoms with van der Waals surface area (Å²) in [7, 11) is 0. The van der Waals surface area contributed by atoms with Crippen molar-refractivity contribution in [3.05, 3.63) is 73.6 Å². The van der Waals surface area contributed by atoms with Crippen LogP contribution in [-0.4, -0.2) is 9.55 Å². The SMILES string of the molecule is Cc1cc2c(=O)c3c(=O)n(-c4ccccc4)c(C4CCC4)cc3[nH]c2s1. The lowest BCUT2D eigenvalue weighted by Gasteiger charge is -2.28. The molecule has 26 heavy (non-hydrogen) atoms. The molecule has 0 spiro atoms. The number of rotatable bonds is 2. The minimum atomic E-state index is -0.220. The lowest BCUT2D eigenvalue weighted by atomic mass is 9.82. The van der Waals surface area contributed by atoms with Crippen molar-refractivity contribution in [2.75, 3.05) is 0 Å². The van der Waals surface area contributed by atoms with Crippen molar-refractivity contribution in [3.63, 3.8) is 0 Å². The molecule has 4 aromatic rings. The number of aromatic nitrogens is 2. The molecule has 1 aliphatic rings. The summed E-state index contributed by atoms with van der Waals surface area (Å²) in [6.07, 6.45) is 3.36. The van der Waals surface area contributed by atoms with Gasteiger partial charge in [-0.2, -0.15) is 0 Å². The molecule has 1 aromatic carbocycles. The molecule has 3 aromatic heterocycles. The number of nitrogens with one attached hydrogen (secondary N) is 1. The van der Waals surface area contributed by atoms with Crippen molar-refractivity contribution in [1.29, 1.82) is 0 Å². The van der Waals surface area contributed by atoms with Crippen LogP contribution in [0.1, 0.15) is 35.8 Å². The van der Waals surface area contributed by atoms with Crippen molar-refractivity contribution in [1.82, 2.24) is 9.55 Å². The van der Waals surface area contributed by atoms with Gasteiger partial charge in [0.25, 0.3) is 5.56 Å². The predicted octanol–water partition coefficient (Wildman–Crippen LogP) is 4.47. The highest BCUT2D eigenvalue weighted by Crippen LogP contribution is 2.37. The molecule has 1 aliphatic carbocycles. The van der Waals surface area contributed by atoms with Crippen LogP contribution in [0.3, 0.4) is 0 Å². The third-order valence-electron chi connectivity index (χ3n) is 5.35. The highest BCUT2D eigenvalue weighted by Gasteiger charge is 2.26. The summed E-state index contributed by atoms with van der Waals surface area (Å²) in [5, 5.41) is 0.857. The first-order valence-electron chi connectivity index (χ1n) is 8.91. The summed E-state index contributed by atoms with van der Waals surface area (Å²) >= 11 is 1.56. The van der Waals surface area contributed by atoms with Gasteiger partial charge >= 0.3 is 0 Å². The second-order valence-corrected chi connectivity index (χ2v) is 8.27. The van der Waals surface area contributed by atoms with E-state index in [9.17, 15) is 9.59 Å². The Morgan fingerprint density at radius 2 is 1.88 bits per heavy atom. The lowest BCUT2D eigenvalue weighted by Crippen LogP contribution is -2.29. The van der Waals surface area contributed by atoms with Crippen LogP contribution in [0.25, 0.3) is 26.8 Å². The fourth-order valence-electron chi connectivity index (χ4n) is 3.83. The first-order valence-corrected chi connectivity index (χ1v) is 9.72. The second kappa shape index (κ2) is 5.68. The maximum absolute atomic E-state index is 13.4. The van der Waals surface area contributed by atoms with Gasteiger partial charge in [-0.05, 0) is 49.9 Å². The Balaban J connectivity index is 1.94. The minimum absolute atomic E-state index is 0.173. The van der Waals surface area contributed by atoms with Gasteiger partial charge in [-0.25, -0.2) is 0 Å². The highest BCUT2D eigenvalue weighted by molar-refractivity contribution is 7.18. The number of para-hydroxylation sites is 1. The van der Waals surface area contributed by atoms with Crippen LogP contribution in [0.2, 0.25) is 0 Å². The Morgan fingerprint density at radius 3 is 2.58 bits per heavy atom. The van der Waals surface area contributed by atoms with E-state index in [-0.39, 0.29) is 16.4 Å². The third-order valence-corrected chi connectivity index (χ3v) is 6.32. The minimum Gasteiger partial charge on any atom is -0.346 e. The molecule has 0 atom stereocenters. The molecule has 0 unspecified atom stereocenters.